The van der Waals surface area contributed by atoms with Gasteiger partial charge in [0.15, 0.2) is 0 Å². The lowest BCUT2D eigenvalue weighted by atomic mass is 9.75. The number of anilines is 1. The Kier molecular flexibility index (Phi) is 4.19. The number of carbonyl (C=O) groups excluding carboxylic acids is 2. The van der Waals surface area contributed by atoms with E-state index in [0.29, 0.717) is 40.6 Å². The van der Waals surface area contributed by atoms with Gasteiger partial charge in [-0.25, -0.2) is 4.79 Å². The van der Waals surface area contributed by atoms with Crippen molar-refractivity contribution in [2.45, 2.75) is 45.1 Å². The molecule has 1 aliphatic heterocycles. The first-order chi connectivity index (χ1) is 10.9. The molecule has 0 unspecified atom stereocenters. The third-order valence-electron chi connectivity index (χ3n) is 4.84. The first-order valence-electron chi connectivity index (χ1n) is 7.93. The van der Waals surface area contributed by atoms with Gasteiger partial charge in [-0.1, -0.05) is 18.5 Å². The maximum absolute atomic E-state index is 12.8. The predicted octanol–water partition coefficient (Wildman–Crippen LogP) is 4.10. The summed E-state index contributed by atoms with van der Waals surface area (Å²) in [7, 11) is 0. The minimum atomic E-state index is -0.746. The summed E-state index contributed by atoms with van der Waals surface area (Å²) in [5, 5.41) is 3.46. The molecule has 3 rings (SSSR count). The van der Waals surface area contributed by atoms with Crippen LogP contribution in [0, 0.1) is 5.92 Å². The number of hydrogen-bond acceptors (Lipinski definition) is 3. The fourth-order valence-corrected chi connectivity index (χ4v) is 3.56. The molecule has 5 heteroatoms. The minimum absolute atomic E-state index is 0.259. The molecule has 1 spiro atoms. The summed E-state index contributed by atoms with van der Waals surface area (Å²) in [5.74, 6) is -0.0353. The van der Waals surface area contributed by atoms with Crippen LogP contribution in [-0.4, -0.2) is 17.5 Å². The number of amides is 1. The van der Waals surface area contributed by atoms with Crippen molar-refractivity contribution < 1.29 is 14.3 Å². The number of rotatable bonds is 2. The summed E-state index contributed by atoms with van der Waals surface area (Å²) >= 11 is 5.86. The second-order valence-electron chi connectivity index (χ2n) is 6.53. The summed E-state index contributed by atoms with van der Waals surface area (Å²) in [6.45, 7) is 3.86. The van der Waals surface area contributed by atoms with Gasteiger partial charge in [-0.05, 0) is 62.8 Å². The van der Waals surface area contributed by atoms with Gasteiger partial charge >= 0.3 is 5.97 Å². The van der Waals surface area contributed by atoms with Gasteiger partial charge in [-0.15, -0.1) is 0 Å². The summed E-state index contributed by atoms with van der Waals surface area (Å²) < 4.78 is 5.65. The standard InChI is InChI=1S/C18H20ClNO3/c1-11-7-9-18(10-8-11)15(12(2)17(22)23-18)16(21)20-14-5-3-13(19)4-6-14/h3-6,11H,7-10H2,1-2H3,(H,20,21). The van der Waals surface area contributed by atoms with Crippen molar-refractivity contribution >= 4 is 29.2 Å². The van der Waals surface area contributed by atoms with Crippen molar-refractivity contribution in [3.05, 3.63) is 40.4 Å². The normalized spacial score (nSPS) is 27.3. The highest BCUT2D eigenvalue weighted by atomic mass is 35.5. The fraction of sp³-hybridized carbons (Fsp3) is 0.444. The molecule has 1 heterocycles. The molecule has 1 saturated carbocycles. The Bertz CT molecular complexity index is 670. The lowest BCUT2D eigenvalue weighted by Crippen LogP contribution is -2.40. The zero-order valence-electron chi connectivity index (χ0n) is 13.3. The molecule has 1 N–H and O–H groups in total. The van der Waals surface area contributed by atoms with Crippen LogP contribution in [-0.2, 0) is 14.3 Å². The second kappa shape index (κ2) is 6.00. The number of benzene rings is 1. The average Bonchev–Trinajstić information content (AvgIpc) is 2.76. The minimum Gasteiger partial charge on any atom is -0.451 e. The van der Waals surface area contributed by atoms with Gasteiger partial charge in [0.2, 0.25) is 0 Å². The van der Waals surface area contributed by atoms with E-state index in [-0.39, 0.29) is 11.9 Å². The van der Waals surface area contributed by atoms with Crippen molar-refractivity contribution in [1.82, 2.24) is 0 Å². The van der Waals surface area contributed by atoms with E-state index in [1.807, 2.05) is 0 Å². The Balaban J connectivity index is 1.86. The highest BCUT2D eigenvalue weighted by molar-refractivity contribution is 6.30. The van der Waals surface area contributed by atoms with Gasteiger partial charge in [0.1, 0.15) is 5.60 Å². The van der Waals surface area contributed by atoms with Crippen LogP contribution in [0.5, 0.6) is 0 Å². The summed E-state index contributed by atoms with van der Waals surface area (Å²) in [4.78, 5) is 24.8. The number of esters is 1. The molecule has 4 nitrogen and oxygen atoms in total. The predicted molar refractivity (Wildman–Crippen MR) is 89.2 cm³/mol. The van der Waals surface area contributed by atoms with Crippen molar-refractivity contribution in [1.29, 1.82) is 0 Å². The number of ether oxygens (including phenoxy) is 1. The van der Waals surface area contributed by atoms with E-state index in [2.05, 4.69) is 12.2 Å². The average molecular weight is 334 g/mol. The Labute approximate surface area is 140 Å². The van der Waals surface area contributed by atoms with Crippen LogP contribution in [0.4, 0.5) is 5.69 Å². The molecule has 2 aliphatic rings. The molecule has 0 bridgehead atoms. The van der Waals surface area contributed by atoms with Crippen molar-refractivity contribution in [2.75, 3.05) is 5.32 Å². The maximum Gasteiger partial charge on any atom is 0.335 e. The van der Waals surface area contributed by atoms with Crippen molar-refractivity contribution in [3.63, 3.8) is 0 Å². The lowest BCUT2D eigenvalue weighted by molar-refractivity contribution is -0.150. The van der Waals surface area contributed by atoms with Gasteiger partial charge in [0.25, 0.3) is 5.91 Å². The van der Waals surface area contributed by atoms with E-state index < -0.39 is 5.60 Å². The lowest BCUT2D eigenvalue weighted by Gasteiger charge is -2.36. The second-order valence-corrected chi connectivity index (χ2v) is 6.96. The molecular formula is C18H20ClNO3. The Morgan fingerprint density at radius 1 is 1.26 bits per heavy atom. The fourth-order valence-electron chi connectivity index (χ4n) is 3.43. The van der Waals surface area contributed by atoms with E-state index >= 15 is 0 Å². The van der Waals surface area contributed by atoms with Gasteiger partial charge < -0.3 is 10.1 Å². The van der Waals surface area contributed by atoms with Crippen LogP contribution < -0.4 is 5.32 Å². The molecule has 1 amide bonds. The van der Waals surface area contributed by atoms with E-state index in [1.165, 1.54) is 0 Å². The molecule has 1 aliphatic carbocycles. The largest absolute Gasteiger partial charge is 0.451 e. The zero-order valence-corrected chi connectivity index (χ0v) is 14.1. The molecule has 1 aromatic rings. The quantitative estimate of drug-likeness (QED) is 0.829. The van der Waals surface area contributed by atoms with Crippen molar-refractivity contribution in [3.8, 4) is 0 Å². The summed E-state index contributed by atoms with van der Waals surface area (Å²) in [6.07, 6.45) is 3.33. The van der Waals surface area contributed by atoms with Gasteiger partial charge in [-0.2, -0.15) is 0 Å². The molecule has 23 heavy (non-hydrogen) atoms. The molecule has 1 aromatic carbocycles. The van der Waals surface area contributed by atoms with E-state index in [4.69, 9.17) is 16.3 Å². The van der Waals surface area contributed by atoms with E-state index in [0.717, 1.165) is 12.8 Å². The molecule has 1 fully saturated rings. The molecule has 0 saturated heterocycles. The molecule has 0 aromatic heterocycles. The van der Waals surface area contributed by atoms with Crippen LogP contribution in [0.2, 0.25) is 5.02 Å². The van der Waals surface area contributed by atoms with Crippen molar-refractivity contribution in [2.24, 2.45) is 5.92 Å². The maximum atomic E-state index is 12.8. The molecule has 0 radical (unpaired) electrons. The first kappa shape index (κ1) is 16.1. The zero-order chi connectivity index (χ0) is 16.6. The highest BCUT2D eigenvalue weighted by Gasteiger charge is 2.50. The highest BCUT2D eigenvalue weighted by Crippen LogP contribution is 2.45. The van der Waals surface area contributed by atoms with Crippen LogP contribution in [0.1, 0.15) is 39.5 Å². The smallest absolute Gasteiger partial charge is 0.335 e. The van der Waals surface area contributed by atoms with Gasteiger partial charge in [-0.3, -0.25) is 4.79 Å². The number of nitrogens with one attached hydrogen (secondary N) is 1. The van der Waals surface area contributed by atoms with Crippen LogP contribution >= 0.6 is 11.6 Å². The molecular weight excluding hydrogens is 314 g/mol. The number of carbonyl (C=O) groups is 2. The molecule has 122 valence electrons. The number of halogens is 1. The van der Waals surface area contributed by atoms with E-state index in [1.54, 1.807) is 31.2 Å². The third-order valence-corrected chi connectivity index (χ3v) is 5.09. The SMILES string of the molecule is CC1=C(C(=O)Nc2ccc(Cl)cc2)C2(CCC(C)CC2)OC1=O. The Morgan fingerprint density at radius 3 is 2.48 bits per heavy atom. The van der Waals surface area contributed by atoms with E-state index in [9.17, 15) is 9.59 Å². The van der Waals surface area contributed by atoms with Gasteiger partial charge in [0, 0.05) is 16.3 Å². The summed E-state index contributed by atoms with van der Waals surface area (Å²) in [5.41, 5.74) is 0.818. The third kappa shape index (κ3) is 3.00. The van der Waals surface area contributed by atoms with Crippen LogP contribution in [0.15, 0.2) is 35.4 Å². The van der Waals surface area contributed by atoms with Gasteiger partial charge in [0.05, 0.1) is 5.57 Å². The van der Waals surface area contributed by atoms with Crippen LogP contribution in [0.25, 0.3) is 0 Å². The van der Waals surface area contributed by atoms with Crippen LogP contribution in [0.3, 0.4) is 0 Å². The Hall–Kier alpha value is -1.81. The molecule has 0 atom stereocenters. The summed E-state index contributed by atoms with van der Waals surface area (Å²) in [6, 6.07) is 6.91. The first-order valence-corrected chi connectivity index (χ1v) is 8.31. The Morgan fingerprint density at radius 2 is 1.87 bits per heavy atom. The number of hydrogen-bond donors (Lipinski definition) is 1. The topological polar surface area (TPSA) is 55.4 Å². The monoisotopic (exact) mass is 333 g/mol.